The fraction of sp³-hybridized carbons (Fsp3) is 0.625. The van der Waals surface area contributed by atoms with Gasteiger partial charge in [0.15, 0.2) is 0 Å². The highest BCUT2D eigenvalue weighted by Gasteiger charge is 2.44. The Kier molecular flexibility index (Phi) is 3.06. The second kappa shape index (κ2) is 4.58. The zero-order valence-electron chi connectivity index (χ0n) is 11.5. The van der Waals surface area contributed by atoms with Crippen LogP contribution in [0.2, 0.25) is 0 Å². The van der Waals surface area contributed by atoms with E-state index in [0.29, 0.717) is 0 Å². The van der Waals surface area contributed by atoms with Crippen molar-refractivity contribution >= 4 is 0 Å². The third kappa shape index (κ3) is 1.66. The van der Waals surface area contributed by atoms with Gasteiger partial charge in [0.2, 0.25) is 0 Å². The molecular formula is C16H23NO. The van der Waals surface area contributed by atoms with Crippen LogP contribution < -0.4 is 10.1 Å². The maximum atomic E-state index is 5.42. The Bertz CT molecular complexity index is 443. The maximum absolute atomic E-state index is 5.42. The maximum Gasteiger partial charge on any atom is 0.119 e. The number of fused-ring (bicyclic) bond motifs is 3. The fourth-order valence-corrected chi connectivity index (χ4v) is 4.10. The predicted molar refractivity (Wildman–Crippen MR) is 74.0 cm³/mol. The van der Waals surface area contributed by atoms with E-state index in [2.05, 4.69) is 30.6 Å². The van der Waals surface area contributed by atoms with Crippen LogP contribution >= 0.6 is 0 Å². The first-order valence-corrected chi connectivity index (χ1v) is 7.16. The van der Waals surface area contributed by atoms with Crippen LogP contribution in [0.5, 0.6) is 5.75 Å². The molecule has 2 atom stereocenters. The highest BCUT2D eigenvalue weighted by Crippen LogP contribution is 2.48. The van der Waals surface area contributed by atoms with E-state index >= 15 is 0 Å². The predicted octanol–water partition coefficient (Wildman–Crippen LogP) is 3.25. The lowest BCUT2D eigenvalue weighted by Crippen LogP contribution is -2.51. The average Bonchev–Trinajstić information content (AvgIpc) is 2.46. The van der Waals surface area contributed by atoms with Crippen LogP contribution in [0.1, 0.15) is 43.2 Å². The van der Waals surface area contributed by atoms with Crippen LogP contribution in [0.4, 0.5) is 0 Å². The van der Waals surface area contributed by atoms with E-state index in [4.69, 9.17) is 4.74 Å². The van der Waals surface area contributed by atoms with E-state index in [1.807, 2.05) is 0 Å². The summed E-state index contributed by atoms with van der Waals surface area (Å²) in [6, 6.07) is 6.63. The van der Waals surface area contributed by atoms with Crippen LogP contribution in [0.15, 0.2) is 18.2 Å². The van der Waals surface area contributed by atoms with Crippen molar-refractivity contribution in [3.63, 3.8) is 0 Å². The number of benzene rings is 1. The molecule has 2 aliphatic rings. The molecule has 0 heterocycles. The van der Waals surface area contributed by atoms with E-state index in [-0.39, 0.29) is 5.54 Å². The Morgan fingerprint density at radius 3 is 2.94 bits per heavy atom. The van der Waals surface area contributed by atoms with Crippen molar-refractivity contribution in [2.24, 2.45) is 5.92 Å². The molecule has 1 N–H and O–H groups in total. The van der Waals surface area contributed by atoms with Crippen molar-refractivity contribution in [1.82, 2.24) is 5.32 Å². The van der Waals surface area contributed by atoms with Crippen LogP contribution in [-0.2, 0) is 12.0 Å². The van der Waals surface area contributed by atoms with Gasteiger partial charge in [0.05, 0.1) is 7.11 Å². The molecule has 0 amide bonds. The Hall–Kier alpha value is -1.02. The van der Waals surface area contributed by atoms with Crippen molar-refractivity contribution in [2.75, 3.05) is 14.2 Å². The van der Waals surface area contributed by atoms with Gasteiger partial charge < -0.3 is 10.1 Å². The molecule has 1 saturated carbocycles. The molecule has 98 valence electrons. The van der Waals surface area contributed by atoms with Gasteiger partial charge in [-0.05, 0) is 61.9 Å². The van der Waals surface area contributed by atoms with Gasteiger partial charge in [-0.15, -0.1) is 0 Å². The Morgan fingerprint density at radius 1 is 1.28 bits per heavy atom. The Morgan fingerprint density at radius 2 is 2.17 bits per heavy atom. The molecule has 2 nitrogen and oxygen atoms in total. The van der Waals surface area contributed by atoms with Crippen LogP contribution in [0, 0.1) is 5.92 Å². The number of aryl methyl sites for hydroxylation is 1. The molecule has 3 rings (SSSR count). The highest BCUT2D eigenvalue weighted by molar-refractivity contribution is 5.43. The van der Waals surface area contributed by atoms with Crippen molar-refractivity contribution in [2.45, 2.75) is 44.1 Å². The lowest BCUT2D eigenvalue weighted by Gasteiger charge is -2.48. The van der Waals surface area contributed by atoms with Crippen molar-refractivity contribution in [1.29, 1.82) is 0 Å². The molecule has 0 radical (unpaired) electrons. The summed E-state index contributed by atoms with van der Waals surface area (Å²) in [5, 5.41) is 3.67. The minimum absolute atomic E-state index is 0.209. The molecule has 0 saturated heterocycles. The zero-order chi connectivity index (χ0) is 12.6. The van der Waals surface area contributed by atoms with E-state index in [1.54, 1.807) is 7.11 Å². The molecule has 2 aliphatic carbocycles. The standard InChI is InChI=1S/C16H23NO/c1-17-16-10-4-3-5-13(16)8-6-12-7-9-14(18-2)11-15(12)16/h7,9,11,13,17H,3-6,8,10H2,1-2H3. The Labute approximate surface area is 110 Å². The molecule has 0 aliphatic heterocycles. The molecule has 1 fully saturated rings. The molecule has 2 heteroatoms. The van der Waals surface area contributed by atoms with E-state index < -0.39 is 0 Å². The van der Waals surface area contributed by atoms with Gasteiger partial charge in [-0.3, -0.25) is 0 Å². The van der Waals surface area contributed by atoms with E-state index in [0.717, 1.165) is 11.7 Å². The molecule has 0 spiro atoms. The summed E-state index contributed by atoms with van der Waals surface area (Å²) < 4.78 is 5.42. The molecule has 2 unspecified atom stereocenters. The minimum atomic E-state index is 0.209. The summed E-state index contributed by atoms with van der Waals surface area (Å²) in [6.07, 6.45) is 7.95. The first-order chi connectivity index (χ1) is 8.80. The van der Waals surface area contributed by atoms with E-state index in [1.165, 1.54) is 49.7 Å². The normalized spacial score (nSPS) is 30.4. The largest absolute Gasteiger partial charge is 0.497 e. The van der Waals surface area contributed by atoms with Gasteiger partial charge >= 0.3 is 0 Å². The van der Waals surface area contributed by atoms with Gasteiger partial charge in [0.25, 0.3) is 0 Å². The summed E-state index contributed by atoms with van der Waals surface area (Å²) >= 11 is 0. The number of ether oxygens (including phenoxy) is 1. The number of hydrogen-bond donors (Lipinski definition) is 1. The van der Waals surface area contributed by atoms with Crippen molar-refractivity contribution in [3.05, 3.63) is 29.3 Å². The van der Waals surface area contributed by atoms with Gasteiger partial charge in [0, 0.05) is 5.54 Å². The molecule has 1 aromatic rings. The topological polar surface area (TPSA) is 21.3 Å². The molecule has 18 heavy (non-hydrogen) atoms. The van der Waals surface area contributed by atoms with Crippen LogP contribution in [0.25, 0.3) is 0 Å². The van der Waals surface area contributed by atoms with Gasteiger partial charge in [-0.2, -0.15) is 0 Å². The second-order valence-corrected chi connectivity index (χ2v) is 5.73. The Balaban J connectivity index is 2.10. The summed E-state index contributed by atoms with van der Waals surface area (Å²) in [5.74, 6) is 1.80. The number of nitrogens with one attached hydrogen (secondary N) is 1. The molecule has 1 aromatic carbocycles. The number of methoxy groups -OCH3 is 1. The van der Waals surface area contributed by atoms with Gasteiger partial charge in [0.1, 0.15) is 5.75 Å². The van der Waals surface area contributed by atoms with Crippen LogP contribution in [-0.4, -0.2) is 14.2 Å². The monoisotopic (exact) mass is 245 g/mol. The highest BCUT2D eigenvalue weighted by atomic mass is 16.5. The van der Waals surface area contributed by atoms with Crippen molar-refractivity contribution in [3.8, 4) is 5.75 Å². The summed E-state index contributed by atoms with van der Waals surface area (Å²) in [5.41, 5.74) is 3.23. The molecule has 0 aromatic heterocycles. The third-order valence-electron chi connectivity index (χ3n) is 5.08. The SMILES string of the molecule is CNC12CCCCC1CCc1ccc(OC)cc12. The third-order valence-corrected chi connectivity index (χ3v) is 5.08. The summed E-state index contributed by atoms with van der Waals surface area (Å²) in [4.78, 5) is 0. The lowest BCUT2D eigenvalue weighted by atomic mass is 9.62. The second-order valence-electron chi connectivity index (χ2n) is 5.73. The van der Waals surface area contributed by atoms with E-state index in [9.17, 15) is 0 Å². The molecular weight excluding hydrogens is 222 g/mol. The molecule has 0 bridgehead atoms. The quantitative estimate of drug-likeness (QED) is 0.863. The lowest BCUT2D eigenvalue weighted by molar-refractivity contribution is 0.129. The fourth-order valence-electron chi connectivity index (χ4n) is 4.10. The zero-order valence-corrected chi connectivity index (χ0v) is 11.5. The number of rotatable bonds is 2. The average molecular weight is 245 g/mol. The van der Waals surface area contributed by atoms with Crippen LogP contribution in [0.3, 0.4) is 0 Å². The first-order valence-electron chi connectivity index (χ1n) is 7.16. The van der Waals surface area contributed by atoms with Gasteiger partial charge in [-0.25, -0.2) is 0 Å². The minimum Gasteiger partial charge on any atom is -0.497 e. The van der Waals surface area contributed by atoms with Gasteiger partial charge in [-0.1, -0.05) is 18.9 Å². The van der Waals surface area contributed by atoms with Crippen molar-refractivity contribution < 1.29 is 4.74 Å². The summed E-state index contributed by atoms with van der Waals surface area (Å²) in [6.45, 7) is 0. The summed E-state index contributed by atoms with van der Waals surface area (Å²) in [7, 11) is 3.89. The smallest absolute Gasteiger partial charge is 0.119 e. The number of hydrogen-bond acceptors (Lipinski definition) is 2. The first kappa shape index (κ1) is 12.0.